The smallest absolute Gasteiger partial charge is 0.396 e. The molecule has 2 N–H and O–H groups in total. The van der Waals surface area contributed by atoms with Crippen LogP contribution >= 0.6 is 31.9 Å². The number of aromatic nitrogens is 1. The van der Waals surface area contributed by atoms with Crippen molar-refractivity contribution in [3.63, 3.8) is 0 Å². The summed E-state index contributed by atoms with van der Waals surface area (Å²) < 4.78 is 47.1. The quantitative estimate of drug-likeness (QED) is 0.787. The number of aliphatic hydroxyl groups excluding tert-OH is 1. The van der Waals surface area contributed by atoms with Crippen LogP contribution in [-0.2, 0) is 10.3 Å². The highest BCUT2D eigenvalue weighted by atomic mass is 79.9. The molecule has 3 atom stereocenters. The Morgan fingerprint density at radius 3 is 2.50 bits per heavy atom. The lowest BCUT2D eigenvalue weighted by molar-refractivity contribution is -0.288. The number of ether oxygens (including phenoxy) is 1. The van der Waals surface area contributed by atoms with Crippen molar-refractivity contribution >= 4 is 31.9 Å². The summed E-state index contributed by atoms with van der Waals surface area (Å²) >= 11 is 6.32. The monoisotopic (exact) mass is 421 g/mol. The summed E-state index contributed by atoms with van der Waals surface area (Å²) in [5.74, 6) is -1.43. The minimum Gasteiger partial charge on any atom is -0.396 e. The summed E-state index contributed by atoms with van der Waals surface area (Å²) in [4.78, 5) is 0. The molecular formula is C11H12Br2F3NO3. The van der Waals surface area contributed by atoms with E-state index in [0.717, 1.165) is 0 Å². The van der Waals surface area contributed by atoms with E-state index in [0.29, 0.717) is 9.08 Å². The highest BCUT2D eigenvalue weighted by Gasteiger charge is 2.67. The second-order valence-electron chi connectivity index (χ2n) is 4.61. The van der Waals surface area contributed by atoms with Crippen LogP contribution in [-0.4, -0.2) is 41.3 Å². The number of hydrogen-bond donors (Lipinski definition) is 2. The minimum absolute atomic E-state index is 0.0592. The summed E-state index contributed by atoms with van der Waals surface area (Å²) in [7, 11) is 1.35. The van der Waals surface area contributed by atoms with Crippen molar-refractivity contribution in [1.82, 2.24) is 4.57 Å². The normalized spacial score (nSPS) is 29.8. The van der Waals surface area contributed by atoms with Crippen LogP contribution in [0.5, 0.6) is 0 Å². The predicted octanol–water partition coefficient (Wildman–Crippen LogP) is 2.57. The summed E-state index contributed by atoms with van der Waals surface area (Å²) in [5.41, 5.74) is -3.43. The van der Waals surface area contributed by atoms with Crippen LogP contribution in [0.3, 0.4) is 0 Å². The van der Waals surface area contributed by atoms with Gasteiger partial charge in [0.25, 0.3) is 0 Å². The summed E-state index contributed by atoms with van der Waals surface area (Å²) in [5, 5.41) is 19.6. The molecule has 9 heteroatoms. The molecule has 4 nitrogen and oxygen atoms in total. The minimum atomic E-state index is -4.90. The molecule has 0 fully saturated rings. The number of aliphatic hydroxyl groups is 2. The Hall–Kier alpha value is -0.0900. The van der Waals surface area contributed by atoms with E-state index in [1.165, 1.54) is 17.7 Å². The van der Waals surface area contributed by atoms with Crippen LogP contribution in [0, 0.1) is 5.92 Å². The van der Waals surface area contributed by atoms with Gasteiger partial charge in [-0.25, -0.2) is 0 Å². The van der Waals surface area contributed by atoms with Crippen molar-refractivity contribution in [2.45, 2.75) is 17.8 Å². The summed E-state index contributed by atoms with van der Waals surface area (Å²) in [6, 6.07) is 0.378. The van der Waals surface area contributed by atoms with Crippen LogP contribution in [0.15, 0.2) is 15.1 Å². The molecule has 0 unspecified atom stereocenters. The van der Waals surface area contributed by atoms with Crippen molar-refractivity contribution in [3.8, 4) is 0 Å². The van der Waals surface area contributed by atoms with Crippen molar-refractivity contribution in [2.75, 3.05) is 20.3 Å². The maximum Gasteiger partial charge on any atom is 0.423 e. The first kappa shape index (κ1) is 16.3. The number of fused-ring (bicyclic) bond motifs is 1. The van der Waals surface area contributed by atoms with Gasteiger partial charge in [-0.05, 0) is 37.9 Å². The number of hydrogen-bond acceptors (Lipinski definition) is 3. The van der Waals surface area contributed by atoms with E-state index < -0.39 is 30.3 Å². The molecule has 0 amide bonds. The Bertz CT molecular complexity index is 520. The van der Waals surface area contributed by atoms with Gasteiger partial charge in [-0.3, -0.25) is 0 Å². The van der Waals surface area contributed by atoms with E-state index in [1.807, 2.05) is 0 Å². The first-order valence-corrected chi connectivity index (χ1v) is 7.24. The zero-order chi connectivity index (χ0) is 15.3. The zero-order valence-electron chi connectivity index (χ0n) is 10.3. The van der Waals surface area contributed by atoms with Gasteiger partial charge >= 0.3 is 6.18 Å². The molecule has 1 aromatic rings. The van der Waals surface area contributed by atoms with Crippen LogP contribution in [0.25, 0.3) is 0 Å². The fraction of sp³-hybridized carbons (Fsp3) is 0.636. The zero-order valence-corrected chi connectivity index (χ0v) is 13.5. The van der Waals surface area contributed by atoms with E-state index in [-0.39, 0.29) is 12.3 Å². The molecule has 1 aliphatic rings. The van der Waals surface area contributed by atoms with E-state index in [2.05, 4.69) is 31.9 Å². The highest BCUT2D eigenvalue weighted by molar-refractivity contribution is 9.13. The topological polar surface area (TPSA) is 54.6 Å². The average molecular weight is 423 g/mol. The third-order valence-electron chi connectivity index (χ3n) is 3.62. The first-order chi connectivity index (χ1) is 9.20. The SMILES string of the molecule is COC[C@@H]1[C@@H](CO)[C@](O)(C(F)(F)F)c2cc(Br)c(Br)n21. The van der Waals surface area contributed by atoms with Crippen LogP contribution < -0.4 is 0 Å². The van der Waals surface area contributed by atoms with Gasteiger partial charge in [0, 0.05) is 13.0 Å². The Labute approximate surface area is 129 Å². The molecule has 2 rings (SSSR count). The third-order valence-corrected chi connectivity index (χ3v) is 5.57. The number of halogens is 5. The van der Waals surface area contributed by atoms with Gasteiger partial charge in [-0.15, -0.1) is 0 Å². The molecule has 0 aliphatic carbocycles. The van der Waals surface area contributed by atoms with Gasteiger partial charge in [0.2, 0.25) is 5.60 Å². The number of alkyl halides is 3. The number of methoxy groups -OCH3 is 1. The molecular weight excluding hydrogens is 411 g/mol. The fourth-order valence-corrected chi connectivity index (χ4v) is 3.68. The molecule has 0 bridgehead atoms. The molecule has 1 aliphatic heterocycles. The second-order valence-corrected chi connectivity index (χ2v) is 6.22. The van der Waals surface area contributed by atoms with Gasteiger partial charge in [0.05, 0.1) is 34.0 Å². The standard InChI is InChI=1S/C11H12Br2F3NO3/c1-20-4-7-5(3-18)10(19,11(14,15)16)8-2-6(12)9(13)17(7)8/h2,5,7,18-19H,3-4H2,1H3/t5-,7-,10-/m1/s1. The lowest BCUT2D eigenvalue weighted by atomic mass is 9.83. The van der Waals surface area contributed by atoms with Crippen molar-refractivity contribution in [3.05, 3.63) is 20.8 Å². The maximum atomic E-state index is 13.4. The van der Waals surface area contributed by atoms with Crippen LogP contribution in [0.4, 0.5) is 13.2 Å². The first-order valence-electron chi connectivity index (χ1n) is 5.65. The number of nitrogens with zero attached hydrogens (tertiary/aromatic N) is 1. The van der Waals surface area contributed by atoms with Gasteiger partial charge in [-0.1, -0.05) is 0 Å². The third kappa shape index (κ3) is 2.06. The van der Waals surface area contributed by atoms with E-state index in [4.69, 9.17) is 4.74 Å². The van der Waals surface area contributed by atoms with E-state index in [9.17, 15) is 23.4 Å². The Morgan fingerprint density at radius 1 is 1.45 bits per heavy atom. The van der Waals surface area contributed by atoms with Gasteiger partial charge in [0.15, 0.2) is 0 Å². The molecule has 0 aromatic carbocycles. The average Bonchev–Trinajstić information content (AvgIpc) is 2.76. The van der Waals surface area contributed by atoms with Crippen molar-refractivity contribution < 1.29 is 28.1 Å². The Kier molecular flexibility index (Phi) is 4.29. The Balaban J connectivity index is 2.68. The maximum absolute atomic E-state index is 13.4. The molecule has 20 heavy (non-hydrogen) atoms. The van der Waals surface area contributed by atoms with Crippen molar-refractivity contribution in [1.29, 1.82) is 0 Å². The highest BCUT2D eigenvalue weighted by Crippen LogP contribution is 2.56. The summed E-state index contributed by atoms with van der Waals surface area (Å²) in [6.07, 6.45) is -4.90. The Morgan fingerprint density at radius 2 is 2.05 bits per heavy atom. The second kappa shape index (κ2) is 5.28. The van der Waals surface area contributed by atoms with Gasteiger partial charge in [-0.2, -0.15) is 13.2 Å². The molecule has 0 saturated heterocycles. The van der Waals surface area contributed by atoms with E-state index in [1.54, 1.807) is 0 Å². The fourth-order valence-electron chi connectivity index (χ4n) is 2.71. The molecule has 0 saturated carbocycles. The molecule has 114 valence electrons. The number of rotatable bonds is 3. The van der Waals surface area contributed by atoms with Gasteiger partial charge < -0.3 is 19.5 Å². The van der Waals surface area contributed by atoms with Crippen molar-refractivity contribution in [2.24, 2.45) is 5.92 Å². The molecule has 1 aromatic heterocycles. The largest absolute Gasteiger partial charge is 0.423 e. The van der Waals surface area contributed by atoms with Gasteiger partial charge in [0.1, 0.15) is 0 Å². The van der Waals surface area contributed by atoms with Crippen LogP contribution in [0.2, 0.25) is 0 Å². The summed E-state index contributed by atoms with van der Waals surface area (Å²) in [6.45, 7) is -0.869. The lowest BCUT2D eigenvalue weighted by Gasteiger charge is -2.32. The molecule has 0 radical (unpaired) electrons. The van der Waals surface area contributed by atoms with Crippen LogP contribution in [0.1, 0.15) is 11.7 Å². The molecule has 0 spiro atoms. The lowest BCUT2D eigenvalue weighted by Crippen LogP contribution is -2.48. The predicted molar refractivity (Wildman–Crippen MR) is 71.3 cm³/mol. The van der Waals surface area contributed by atoms with E-state index >= 15 is 0 Å². The molecule has 2 heterocycles.